The maximum Gasteiger partial charge on any atom is 0.322 e. The fourth-order valence-corrected chi connectivity index (χ4v) is 3.00. The zero-order valence-electron chi connectivity index (χ0n) is 14.0. The van der Waals surface area contributed by atoms with Gasteiger partial charge in [0.15, 0.2) is 0 Å². The first kappa shape index (κ1) is 16.7. The molecule has 1 aromatic rings. The molecule has 2 saturated heterocycles. The Bertz CT molecular complexity index is 614. The average molecular weight is 332 g/mol. The minimum Gasteiger partial charge on any atom is -0.379 e. The molecule has 0 spiro atoms. The maximum absolute atomic E-state index is 12.4. The molecule has 0 aromatic heterocycles. The molecule has 3 rings (SSSR count). The summed E-state index contributed by atoms with van der Waals surface area (Å²) in [6.07, 6.45) is 0. The number of ether oxygens (including phenoxy) is 1. The second-order valence-corrected chi connectivity index (χ2v) is 6.09. The standard InChI is InChI=1S/C17H24N4O3/c1-13-2-3-14(12-15(13)21-7-5-19-17(21)23)16(22)18-4-6-20-8-10-24-11-9-20/h2-3,12H,4-11H2,1H3,(H,18,22)(H,19,23). The Hall–Kier alpha value is -2.12. The van der Waals surface area contributed by atoms with E-state index in [-0.39, 0.29) is 11.9 Å². The summed E-state index contributed by atoms with van der Waals surface area (Å²) in [5, 5.41) is 5.74. The SMILES string of the molecule is Cc1ccc(C(=O)NCCN2CCOCC2)cc1N1CCNC1=O. The first-order valence-electron chi connectivity index (χ1n) is 8.39. The van der Waals surface area contributed by atoms with E-state index >= 15 is 0 Å². The van der Waals surface area contributed by atoms with Crippen molar-refractivity contribution in [2.45, 2.75) is 6.92 Å². The lowest BCUT2D eigenvalue weighted by molar-refractivity contribution is 0.0383. The summed E-state index contributed by atoms with van der Waals surface area (Å²) in [6, 6.07) is 5.38. The van der Waals surface area contributed by atoms with E-state index < -0.39 is 0 Å². The van der Waals surface area contributed by atoms with Crippen LogP contribution in [-0.4, -0.2) is 69.3 Å². The van der Waals surface area contributed by atoms with E-state index in [1.807, 2.05) is 13.0 Å². The number of carbonyl (C=O) groups excluding carboxylic acids is 2. The van der Waals surface area contributed by atoms with Crippen LogP contribution in [0.25, 0.3) is 0 Å². The molecule has 0 saturated carbocycles. The van der Waals surface area contributed by atoms with Gasteiger partial charge >= 0.3 is 6.03 Å². The van der Waals surface area contributed by atoms with E-state index in [9.17, 15) is 9.59 Å². The monoisotopic (exact) mass is 332 g/mol. The molecule has 0 bridgehead atoms. The first-order valence-corrected chi connectivity index (χ1v) is 8.39. The van der Waals surface area contributed by atoms with Crippen molar-refractivity contribution < 1.29 is 14.3 Å². The van der Waals surface area contributed by atoms with Gasteiger partial charge in [0, 0.05) is 50.5 Å². The van der Waals surface area contributed by atoms with Crippen LogP contribution in [-0.2, 0) is 4.74 Å². The second-order valence-electron chi connectivity index (χ2n) is 6.09. The fraction of sp³-hybridized carbons (Fsp3) is 0.529. The van der Waals surface area contributed by atoms with Gasteiger partial charge in [0.05, 0.1) is 13.2 Å². The van der Waals surface area contributed by atoms with Crippen LogP contribution in [0, 0.1) is 6.92 Å². The normalized spacial score (nSPS) is 18.5. The molecule has 7 nitrogen and oxygen atoms in total. The van der Waals surface area contributed by atoms with Crippen molar-refractivity contribution in [2.24, 2.45) is 0 Å². The number of hydrogen-bond donors (Lipinski definition) is 2. The van der Waals surface area contributed by atoms with Crippen LogP contribution < -0.4 is 15.5 Å². The van der Waals surface area contributed by atoms with Gasteiger partial charge in [-0.3, -0.25) is 14.6 Å². The smallest absolute Gasteiger partial charge is 0.322 e. The van der Waals surface area contributed by atoms with E-state index in [0.717, 1.165) is 44.1 Å². The molecule has 3 amide bonds. The molecule has 2 aliphatic rings. The zero-order valence-corrected chi connectivity index (χ0v) is 14.0. The lowest BCUT2D eigenvalue weighted by Gasteiger charge is -2.26. The quantitative estimate of drug-likeness (QED) is 0.827. The van der Waals surface area contributed by atoms with Crippen LogP contribution >= 0.6 is 0 Å². The van der Waals surface area contributed by atoms with Crippen molar-refractivity contribution in [3.63, 3.8) is 0 Å². The second kappa shape index (κ2) is 7.63. The third-order valence-corrected chi connectivity index (χ3v) is 4.44. The molecule has 0 unspecified atom stereocenters. The third-order valence-electron chi connectivity index (χ3n) is 4.44. The summed E-state index contributed by atoms with van der Waals surface area (Å²) >= 11 is 0. The molecule has 1 aromatic carbocycles. The van der Waals surface area contributed by atoms with Crippen molar-refractivity contribution in [1.82, 2.24) is 15.5 Å². The van der Waals surface area contributed by atoms with E-state index in [2.05, 4.69) is 15.5 Å². The van der Waals surface area contributed by atoms with Crippen LogP contribution in [0.5, 0.6) is 0 Å². The van der Waals surface area contributed by atoms with Gasteiger partial charge in [-0.1, -0.05) is 6.07 Å². The molecule has 2 aliphatic heterocycles. The van der Waals surface area contributed by atoms with Gasteiger partial charge in [0.1, 0.15) is 0 Å². The van der Waals surface area contributed by atoms with Crippen molar-refractivity contribution in [1.29, 1.82) is 0 Å². The van der Waals surface area contributed by atoms with Crippen molar-refractivity contribution in [3.05, 3.63) is 29.3 Å². The summed E-state index contributed by atoms with van der Waals surface area (Å²) in [7, 11) is 0. The number of amides is 3. The number of urea groups is 1. The Balaban J connectivity index is 1.59. The fourth-order valence-electron chi connectivity index (χ4n) is 3.00. The number of aryl methyl sites for hydroxylation is 1. The van der Waals surface area contributed by atoms with E-state index in [1.54, 1.807) is 17.0 Å². The van der Waals surface area contributed by atoms with Gasteiger partial charge in [-0.05, 0) is 24.6 Å². The van der Waals surface area contributed by atoms with Crippen LogP contribution in [0.4, 0.5) is 10.5 Å². The molecule has 2 N–H and O–H groups in total. The molecular weight excluding hydrogens is 308 g/mol. The number of hydrogen-bond acceptors (Lipinski definition) is 4. The first-order chi connectivity index (χ1) is 11.6. The van der Waals surface area contributed by atoms with Crippen LogP contribution in [0.1, 0.15) is 15.9 Å². The Kier molecular flexibility index (Phi) is 5.32. The lowest BCUT2D eigenvalue weighted by atomic mass is 10.1. The number of rotatable bonds is 5. The summed E-state index contributed by atoms with van der Waals surface area (Å²) in [4.78, 5) is 28.2. The third kappa shape index (κ3) is 3.85. The van der Waals surface area contributed by atoms with E-state index in [0.29, 0.717) is 25.2 Å². The average Bonchev–Trinajstić information content (AvgIpc) is 3.02. The molecule has 2 heterocycles. The number of carbonyl (C=O) groups is 2. The highest BCUT2D eigenvalue weighted by Gasteiger charge is 2.23. The van der Waals surface area contributed by atoms with Gasteiger partial charge in [-0.15, -0.1) is 0 Å². The van der Waals surface area contributed by atoms with Crippen LogP contribution in [0.2, 0.25) is 0 Å². The lowest BCUT2D eigenvalue weighted by Crippen LogP contribution is -2.41. The molecule has 24 heavy (non-hydrogen) atoms. The summed E-state index contributed by atoms with van der Waals surface area (Å²) < 4.78 is 5.31. The molecule has 7 heteroatoms. The molecule has 0 aliphatic carbocycles. The highest BCUT2D eigenvalue weighted by molar-refractivity contribution is 5.99. The highest BCUT2D eigenvalue weighted by atomic mass is 16.5. The van der Waals surface area contributed by atoms with Crippen molar-refractivity contribution >= 4 is 17.6 Å². The Morgan fingerprint density at radius 1 is 1.29 bits per heavy atom. The van der Waals surface area contributed by atoms with E-state index in [4.69, 9.17) is 4.74 Å². The molecule has 2 fully saturated rings. The van der Waals surface area contributed by atoms with Crippen LogP contribution in [0.3, 0.4) is 0 Å². The van der Waals surface area contributed by atoms with Crippen molar-refractivity contribution in [2.75, 3.05) is 57.4 Å². The Morgan fingerprint density at radius 3 is 2.79 bits per heavy atom. The van der Waals surface area contributed by atoms with Gasteiger partial charge in [0.2, 0.25) is 0 Å². The maximum atomic E-state index is 12.4. The van der Waals surface area contributed by atoms with Crippen molar-refractivity contribution in [3.8, 4) is 0 Å². The Labute approximate surface area is 141 Å². The predicted octanol–water partition coefficient (Wildman–Crippen LogP) is 0.587. The number of nitrogens with one attached hydrogen (secondary N) is 2. The highest BCUT2D eigenvalue weighted by Crippen LogP contribution is 2.23. The molecule has 0 atom stereocenters. The number of nitrogens with zero attached hydrogens (tertiary/aromatic N) is 2. The minimum absolute atomic E-state index is 0.107. The minimum atomic E-state index is -0.108. The summed E-state index contributed by atoms with van der Waals surface area (Å²) in [5.74, 6) is -0.107. The van der Waals surface area contributed by atoms with Gasteiger partial charge < -0.3 is 15.4 Å². The van der Waals surface area contributed by atoms with Gasteiger partial charge in [-0.2, -0.15) is 0 Å². The summed E-state index contributed by atoms with van der Waals surface area (Å²) in [6.45, 7) is 7.97. The largest absolute Gasteiger partial charge is 0.379 e. The zero-order chi connectivity index (χ0) is 16.9. The number of anilines is 1. The molecular formula is C17H24N4O3. The molecule has 130 valence electrons. The number of benzene rings is 1. The predicted molar refractivity (Wildman–Crippen MR) is 91.5 cm³/mol. The Morgan fingerprint density at radius 2 is 2.08 bits per heavy atom. The van der Waals surface area contributed by atoms with E-state index in [1.165, 1.54) is 0 Å². The molecule has 0 radical (unpaired) electrons. The van der Waals surface area contributed by atoms with Gasteiger partial charge in [0.25, 0.3) is 5.91 Å². The van der Waals surface area contributed by atoms with Gasteiger partial charge in [-0.25, -0.2) is 4.79 Å². The topological polar surface area (TPSA) is 73.9 Å². The van der Waals surface area contributed by atoms with Crippen LogP contribution in [0.15, 0.2) is 18.2 Å². The summed E-state index contributed by atoms with van der Waals surface area (Å²) in [5.41, 5.74) is 2.36. The number of morpholine rings is 1.